The standard InChI is InChI=1S/C16H34N2O/c1-3-5-6-7-8-9-10-11-12-14-16(19)18-15(17)13-4-2/h15H,3-14,17H2,1-2H3,(H,18,19). The summed E-state index contributed by atoms with van der Waals surface area (Å²) >= 11 is 0. The molecule has 0 bridgehead atoms. The zero-order chi connectivity index (χ0) is 14.3. The monoisotopic (exact) mass is 270 g/mol. The number of nitrogens with two attached hydrogens (primary N) is 1. The molecule has 3 nitrogen and oxygen atoms in total. The molecule has 0 aromatic carbocycles. The van der Waals surface area contributed by atoms with E-state index in [0.717, 1.165) is 19.3 Å². The van der Waals surface area contributed by atoms with Gasteiger partial charge in [0, 0.05) is 6.42 Å². The van der Waals surface area contributed by atoms with Crippen LogP contribution in [-0.2, 0) is 4.79 Å². The summed E-state index contributed by atoms with van der Waals surface area (Å²) < 4.78 is 0. The molecule has 0 spiro atoms. The van der Waals surface area contributed by atoms with E-state index in [1.54, 1.807) is 0 Å². The van der Waals surface area contributed by atoms with Gasteiger partial charge in [0.15, 0.2) is 0 Å². The van der Waals surface area contributed by atoms with Crippen molar-refractivity contribution < 1.29 is 4.79 Å². The summed E-state index contributed by atoms with van der Waals surface area (Å²) in [5.74, 6) is 0.115. The first-order valence-electron chi connectivity index (χ1n) is 8.25. The number of unbranched alkanes of at least 4 members (excludes halogenated alkanes) is 8. The van der Waals surface area contributed by atoms with Crippen molar-refractivity contribution in [3.63, 3.8) is 0 Å². The van der Waals surface area contributed by atoms with Crippen LogP contribution in [0.15, 0.2) is 0 Å². The Hall–Kier alpha value is -0.570. The lowest BCUT2D eigenvalue weighted by atomic mass is 10.1. The molecule has 1 amide bonds. The van der Waals surface area contributed by atoms with Crippen molar-refractivity contribution in [2.45, 2.75) is 97.1 Å². The van der Waals surface area contributed by atoms with E-state index in [1.165, 1.54) is 51.4 Å². The van der Waals surface area contributed by atoms with Crippen LogP contribution in [-0.4, -0.2) is 12.1 Å². The maximum Gasteiger partial charge on any atom is 0.221 e. The van der Waals surface area contributed by atoms with Crippen molar-refractivity contribution in [2.75, 3.05) is 0 Å². The van der Waals surface area contributed by atoms with Crippen LogP contribution in [0, 0.1) is 0 Å². The Morgan fingerprint density at radius 1 is 0.895 bits per heavy atom. The largest absolute Gasteiger partial charge is 0.341 e. The van der Waals surface area contributed by atoms with Gasteiger partial charge in [-0.3, -0.25) is 4.79 Å². The van der Waals surface area contributed by atoms with Gasteiger partial charge in [-0.25, -0.2) is 0 Å². The van der Waals surface area contributed by atoms with E-state index in [9.17, 15) is 4.79 Å². The van der Waals surface area contributed by atoms with E-state index in [2.05, 4.69) is 19.2 Å². The van der Waals surface area contributed by atoms with Crippen LogP contribution in [0.2, 0.25) is 0 Å². The highest BCUT2D eigenvalue weighted by Gasteiger charge is 2.05. The molecule has 0 heterocycles. The smallest absolute Gasteiger partial charge is 0.221 e. The van der Waals surface area contributed by atoms with E-state index >= 15 is 0 Å². The molecule has 0 aliphatic heterocycles. The Morgan fingerprint density at radius 3 is 1.95 bits per heavy atom. The molecule has 0 aliphatic rings. The highest BCUT2D eigenvalue weighted by Crippen LogP contribution is 2.10. The predicted octanol–water partition coefficient (Wildman–Crippen LogP) is 4.11. The van der Waals surface area contributed by atoms with Gasteiger partial charge >= 0.3 is 0 Å². The molecule has 0 aromatic rings. The summed E-state index contributed by atoms with van der Waals surface area (Å²) in [7, 11) is 0. The van der Waals surface area contributed by atoms with E-state index < -0.39 is 0 Å². The molecule has 3 heteroatoms. The van der Waals surface area contributed by atoms with Crippen molar-refractivity contribution in [3.8, 4) is 0 Å². The Balaban J connectivity index is 3.23. The first kappa shape index (κ1) is 18.4. The number of hydrogen-bond acceptors (Lipinski definition) is 2. The van der Waals surface area contributed by atoms with Gasteiger partial charge in [-0.15, -0.1) is 0 Å². The molecule has 1 unspecified atom stereocenters. The second-order valence-electron chi connectivity index (χ2n) is 5.54. The highest BCUT2D eigenvalue weighted by molar-refractivity contribution is 5.76. The summed E-state index contributed by atoms with van der Waals surface area (Å²) in [5.41, 5.74) is 5.76. The Morgan fingerprint density at radius 2 is 1.42 bits per heavy atom. The van der Waals surface area contributed by atoms with Crippen molar-refractivity contribution in [3.05, 3.63) is 0 Å². The average molecular weight is 270 g/mol. The van der Waals surface area contributed by atoms with E-state index in [0.29, 0.717) is 6.42 Å². The second kappa shape index (κ2) is 13.9. The molecule has 0 rings (SSSR count). The van der Waals surface area contributed by atoms with E-state index in [1.807, 2.05) is 0 Å². The maximum absolute atomic E-state index is 11.5. The molecular formula is C16H34N2O. The fraction of sp³-hybridized carbons (Fsp3) is 0.938. The number of rotatable bonds is 13. The minimum atomic E-state index is -0.156. The van der Waals surface area contributed by atoms with Crippen molar-refractivity contribution >= 4 is 5.91 Å². The van der Waals surface area contributed by atoms with Gasteiger partial charge in [-0.1, -0.05) is 71.6 Å². The third-order valence-corrected chi connectivity index (χ3v) is 3.45. The van der Waals surface area contributed by atoms with Crippen LogP contribution >= 0.6 is 0 Å². The lowest BCUT2D eigenvalue weighted by Gasteiger charge is -2.12. The van der Waals surface area contributed by atoms with Crippen LogP contribution in [0.4, 0.5) is 0 Å². The topological polar surface area (TPSA) is 55.1 Å². The SMILES string of the molecule is CCCCCCCCCCCC(=O)NC(N)CCC. The normalized spacial score (nSPS) is 12.4. The molecule has 0 saturated heterocycles. The average Bonchev–Trinajstić information content (AvgIpc) is 2.37. The predicted molar refractivity (Wildman–Crippen MR) is 82.9 cm³/mol. The Kier molecular flexibility index (Phi) is 13.4. The lowest BCUT2D eigenvalue weighted by molar-refractivity contribution is -0.121. The minimum absolute atomic E-state index is 0.115. The summed E-state index contributed by atoms with van der Waals surface area (Å²) in [5, 5.41) is 2.84. The fourth-order valence-corrected chi connectivity index (χ4v) is 2.26. The van der Waals surface area contributed by atoms with Crippen molar-refractivity contribution in [1.82, 2.24) is 5.32 Å². The van der Waals surface area contributed by atoms with Crippen molar-refractivity contribution in [2.24, 2.45) is 5.73 Å². The van der Waals surface area contributed by atoms with Gasteiger partial charge in [-0.2, -0.15) is 0 Å². The van der Waals surface area contributed by atoms with Crippen LogP contribution in [0.5, 0.6) is 0 Å². The molecule has 1 atom stereocenters. The van der Waals surface area contributed by atoms with Gasteiger partial charge in [-0.05, 0) is 12.8 Å². The van der Waals surface area contributed by atoms with E-state index in [4.69, 9.17) is 5.73 Å². The number of carbonyl (C=O) groups is 1. The van der Waals surface area contributed by atoms with E-state index in [-0.39, 0.29) is 12.1 Å². The number of amides is 1. The van der Waals surface area contributed by atoms with Gasteiger partial charge < -0.3 is 11.1 Å². The molecule has 3 N–H and O–H groups in total. The number of hydrogen-bond donors (Lipinski definition) is 2. The zero-order valence-electron chi connectivity index (χ0n) is 13.0. The Bertz CT molecular complexity index is 207. The second-order valence-corrected chi connectivity index (χ2v) is 5.54. The highest BCUT2D eigenvalue weighted by atomic mass is 16.1. The summed E-state index contributed by atoms with van der Waals surface area (Å²) in [6.07, 6.45) is 13.9. The molecule has 0 saturated carbocycles. The zero-order valence-corrected chi connectivity index (χ0v) is 13.0. The first-order chi connectivity index (χ1) is 9.20. The summed E-state index contributed by atoms with van der Waals surface area (Å²) in [4.78, 5) is 11.5. The van der Waals surface area contributed by atoms with Crippen LogP contribution in [0.1, 0.15) is 90.9 Å². The minimum Gasteiger partial charge on any atom is -0.341 e. The molecule has 0 aliphatic carbocycles. The Labute approximate surface area is 119 Å². The third kappa shape index (κ3) is 13.7. The molecule has 114 valence electrons. The van der Waals surface area contributed by atoms with Gasteiger partial charge in [0.25, 0.3) is 0 Å². The van der Waals surface area contributed by atoms with Crippen LogP contribution in [0.3, 0.4) is 0 Å². The summed E-state index contributed by atoms with van der Waals surface area (Å²) in [6.45, 7) is 4.32. The molecule has 19 heavy (non-hydrogen) atoms. The fourth-order valence-electron chi connectivity index (χ4n) is 2.26. The third-order valence-electron chi connectivity index (χ3n) is 3.45. The van der Waals surface area contributed by atoms with Gasteiger partial charge in [0.05, 0.1) is 6.17 Å². The lowest BCUT2D eigenvalue weighted by Crippen LogP contribution is -2.41. The van der Waals surface area contributed by atoms with Crippen LogP contribution < -0.4 is 11.1 Å². The number of carbonyl (C=O) groups excluding carboxylic acids is 1. The van der Waals surface area contributed by atoms with Crippen molar-refractivity contribution in [1.29, 1.82) is 0 Å². The quantitative estimate of drug-likeness (QED) is 0.391. The number of nitrogens with one attached hydrogen (secondary N) is 1. The van der Waals surface area contributed by atoms with Gasteiger partial charge in [0.1, 0.15) is 0 Å². The van der Waals surface area contributed by atoms with Gasteiger partial charge in [0.2, 0.25) is 5.91 Å². The molecule has 0 radical (unpaired) electrons. The first-order valence-corrected chi connectivity index (χ1v) is 8.25. The molecular weight excluding hydrogens is 236 g/mol. The molecule has 0 aromatic heterocycles. The summed E-state index contributed by atoms with van der Waals surface area (Å²) in [6, 6.07) is 0. The van der Waals surface area contributed by atoms with Crippen LogP contribution in [0.25, 0.3) is 0 Å². The maximum atomic E-state index is 11.5. The molecule has 0 fully saturated rings.